The van der Waals surface area contributed by atoms with Crippen LogP contribution in [0.1, 0.15) is 31.1 Å². The van der Waals surface area contributed by atoms with Gasteiger partial charge in [0.05, 0.1) is 29.7 Å². The van der Waals surface area contributed by atoms with Crippen LogP contribution in [-0.4, -0.2) is 57.8 Å². The zero-order chi connectivity index (χ0) is 22.5. The molecule has 4 heterocycles. The van der Waals surface area contributed by atoms with Gasteiger partial charge in [-0.25, -0.2) is 9.97 Å². The van der Waals surface area contributed by atoms with Gasteiger partial charge in [0.25, 0.3) is 0 Å². The Hall–Kier alpha value is -2.85. The van der Waals surface area contributed by atoms with Gasteiger partial charge in [0, 0.05) is 18.7 Å². The number of morpholine rings is 1. The Kier molecular flexibility index (Phi) is 5.21. The van der Waals surface area contributed by atoms with Crippen molar-refractivity contribution in [2.75, 3.05) is 25.0 Å². The number of rotatable bonds is 3. The first-order valence-electron chi connectivity index (χ1n) is 10.6. The summed E-state index contributed by atoms with van der Waals surface area (Å²) >= 11 is 0. The van der Waals surface area contributed by atoms with Gasteiger partial charge in [-0.1, -0.05) is 18.2 Å². The summed E-state index contributed by atoms with van der Waals surface area (Å²) in [4.78, 5) is 12.9. The van der Waals surface area contributed by atoms with Crippen molar-refractivity contribution in [2.24, 2.45) is 0 Å². The topological polar surface area (TPSA) is 75.3 Å². The number of nitrogens with one attached hydrogen (secondary N) is 2. The van der Waals surface area contributed by atoms with E-state index in [1.807, 2.05) is 38.1 Å². The van der Waals surface area contributed by atoms with Crippen LogP contribution in [0.3, 0.4) is 0 Å². The number of ether oxygens (including phenoxy) is 2. The molecule has 0 aliphatic carbocycles. The normalized spacial score (nSPS) is 26.5. The summed E-state index contributed by atoms with van der Waals surface area (Å²) in [6.07, 6.45) is -3.09. The van der Waals surface area contributed by atoms with Gasteiger partial charge >= 0.3 is 6.18 Å². The van der Waals surface area contributed by atoms with Crippen LogP contribution >= 0.6 is 0 Å². The Morgan fingerprint density at radius 1 is 1.12 bits per heavy atom. The number of alkyl halides is 3. The molecule has 170 valence electrons. The molecule has 2 aliphatic rings. The fourth-order valence-corrected chi connectivity index (χ4v) is 4.68. The molecular formula is C22H24F3N5O2. The summed E-state index contributed by atoms with van der Waals surface area (Å²) < 4.78 is 51.7. The van der Waals surface area contributed by atoms with Gasteiger partial charge in [0.15, 0.2) is 0 Å². The van der Waals surface area contributed by atoms with Crippen molar-refractivity contribution in [1.29, 1.82) is 0 Å². The summed E-state index contributed by atoms with van der Waals surface area (Å²) in [6.45, 7) is 5.99. The minimum atomic E-state index is -4.49. The second-order valence-corrected chi connectivity index (χ2v) is 8.41. The van der Waals surface area contributed by atoms with E-state index in [1.54, 1.807) is 0 Å². The highest BCUT2D eigenvalue weighted by Crippen LogP contribution is 2.39. The molecule has 1 aromatic carbocycles. The third-order valence-electron chi connectivity index (χ3n) is 5.99. The Bertz CT molecular complexity index is 1110. The molecule has 2 N–H and O–H groups in total. The number of halogens is 3. The van der Waals surface area contributed by atoms with Crippen LogP contribution in [0, 0.1) is 0 Å². The van der Waals surface area contributed by atoms with E-state index in [-0.39, 0.29) is 29.9 Å². The van der Waals surface area contributed by atoms with Crippen LogP contribution in [0.25, 0.3) is 11.0 Å². The van der Waals surface area contributed by atoms with E-state index in [0.29, 0.717) is 17.8 Å². The van der Waals surface area contributed by atoms with E-state index >= 15 is 0 Å². The average Bonchev–Trinajstić information content (AvgIpc) is 3.19. The van der Waals surface area contributed by atoms with Gasteiger partial charge in [-0.2, -0.15) is 13.2 Å². The van der Waals surface area contributed by atoms with Crippen molar-refractivity contribution in [2.45, 2.75) is 44.3 Å². The van der Waals surface area contributed by atoms with Crippen molar-refractivity contribution >= 4 is 16.9 Å². The number of para-hydroxylation sites is 1. The third kappa shape index (κ3) is 3.88. The molecule has 0 bridgehead atoms. The molecule has 1 saturated heterocycles. The zero-order valence-corrected chi connectivity index (χ0v) is 17.7. The highest BCUT2D eigenvalue weighted by Gasteiger charge is 2.39. The van der Waals surface area contributed by atoms with Crippen molar-refractivity contribution < 1.29 is 22.6 Å². The SMILES string of the molecule is C[C@@H]1CN([C@H]2COc3ccccc3[C@@H]2Nc2ncnc3[nH]c(C(F)(F)F)cc23)C[C@H](C)O1. The summed E-state index contributed by atoms with van der Waals surface area (Å²) in [5.41, 5.74) is 0.227. The van der Waals surface area contributed by atoms with Gasteiger partial charge in [-0.3, -0.25) is 4.90 Å². The molecule has 0 radical (unpaired) electrons. The fourth-order valence-electron chi connectivity index (χ4n) is 4.68. The van der Waals surface area contributed by atoms with Crippen LogP contribution < -0.4 is 10.1 Å². The number of hydrogen-bond donors (Lipinski definition) is 2. The fraction of sp³-hybridized carbons (Fsp3) is 0.455. The van der Waals surface area contributed by atoms with Gasteiger partial charge < -0.3 is 19.8 Å². The molecule has 1 fully saturated rings. The largest absolute Gasteiger partial charge is 0.491 e. The number of aromatic amines is 1. The molecule has 32 heavy (non-hydrogen) atoms. The number of fused-ring (bicyclic) bond motifs is 2. The van der Waals surface area contributed by atoms with E-state index in [2.05, 4.69) is 25.2 Å². The standard InChI is InChI=1S/C22H24F3N5O2/c1-12-8-30(9-13(2)32-12)16-10-31-17-6-4-3-5-14(17)19(16)29-21-15-7-18(22(23,24)25)28-20(15)26-11-27-21/h3-7,11-13,16,19H,8-10H2,1-2H3,(H2,26,27,28,29)/t12-,13+,16-,19-/m0/s1. The van der Waals surface area contributed by atoms with Gasteiger partial charge in [-0.05, 0) is 26.0 Å². The zero-order valence-electron chi connectivity index (χ0n) is 17.7. The summed E-state index contributed by atoms with van der Waals surface area (Å²) in [5.74, 6) is 1.11. The molecule has 7 nitrogen and oxygen atoms in total. The maximum atomic E-state index is 13.3. The maximum absolute atomic E-state index is 13.3. The lowest BCUT2D eigenvalue weighted by Crippen LogP contribution is -2.55. The minimum Gasteiger partial charge on any atom is -0.491 e. The van der Waals surface area contributed by atoms with Crippen molar-refractivity contribution in [3.8, 4) is 5.75 Å². The lowest BCUT2D eigenvalue weighted by Gasteiger charge is -2.45. The number of anilines is 1. The number of H-pyrrole nitrogens is 1. The summed E-state index contributed by atoms with van der Waals surface area (Å²) in [6, 6.07) is 8.47. The highest BCUT2D eigenvalue weighted by molar-refractivity contribution is 5.88. The quantitative estimate of drug-likeness (QED) is 0.632. The molecule has 2 aliphatic heterocycles. The Balaban J connectivity index is 1.54. The first kappa shape index (κ1) is 21.0. The predicted octanol–water partition coefficient (Wildman–Crippen LogP) is 4.00. The van der Waals surface area contributed by atoms with E-state index in [4.69, 9.17) is 9.47 Å². The Morgan fingerprint density at radius 2 is 1.88 bits per heavy atom. The van der Waals surface area contributed by atoms with Crippen molar-refractivity contribution in [1.82, 2.24) is 19.9 Å². The van der Waals surface area contributed by atoms with Crippen LogP contribution in [-0.2, 0) is 10.9 Å². The molecular weight excluding hydrogens is 423 g/mol. The molecule has 5 rings (SSSR count). The predicted molar refractivity (Wildman–Crippen MR) is 113 cm³/mol. The Morgan fingerprint density at radius 3 is 2.62 bits per heavy atom. The molecule has 0 unspecified atom stereocenters. The lowest BCUT2D eigenvalue weighted by molar-refractivity contribution is -0.140. The second-order valence-electron chi connectivity index (χ2n) is 8.41. The molecule has 0 spiro atoms. The first-order chi connectivity index (χ1) is 15.3. The van der Waals surface area contributed by atoms with Crippen LogP contribution in [0.15, 0.2) is 36.7 Å². The van der Waals surface area contributed by atoms with Crippen molar-refractivity contribution in [3.63, 3.8) is 0 Å². The molecule has 2 aromatic heterocycles. The minimum absolute atomic E-state index is 0.0512. The van der Waals surface area contributed by atoms with Gasteiger partial charge in [0.1, 0.15) is 35.8 Å². The van der Waals surface area contributed by atoms with E-state index in [0.717, 1.165) is 30.5 Å². The molecule has 10 heteroatoms. The molecule has 3 aromatic rings. The monoisotopic (exact) mass is 447 g/mol. The van der Waals surface area contributed by atoms with E-state index in [1.165, 1.54) is 6.33 Å². The van der Waals surface area contributed by atoms with Gasteiger partial charge in [-0.15, -0.1) is 0 Å². The molecule has 0 saturated carbocycles. The second kappa shape index (κ2) is 7.93. The number of hydrogen-bond acceptors (Lipinski definition) is 6. The smallest absolute Gasteiger partial charge is 0.431 e. The lowest BCUT2D eigenvalue weighted by atomic mass is 9.94. The van der Waals surface area contributed by atoms with Crippen LogP contribution in [0.2, 0.25) is 0 Å². The Labute approximate surface area is 182 Å². The average molecular weight is 447 g/mol. The third-order valence-corrected chi connectivity index (χ3v) is 5.99. The van der Waals surface area contributed by atoms with Crippen LogP contribution in [0.4, 0.5) is 19.0 Å². The molecule has 0 amide bonds. The van der Waals surface area contributed by atoms with Crippen molar-refractivity contribution in [3.05, 3.63) is 47.9 Å². The highest BCUT2D eigenvalue weighted by atomic mass is 19.4. The summed E-state index contributed by atoms with van der Waals surface area (Å²) in [7, 11) is 0. The summed E-state index contributed by atoms with van der Waals surface area (Å²) in [5, 5.41) is 3.72. The molecule has 4 atom stereocenters. The number of nitrogens with zero attached hydrogens (tertiary/aromatic N) is 3. The van der Waals surface area contributed by atoms with E-state index < -0.39 is 11.9 Å². The van der Waals surface area contributed by atoms with E-state index in [9.17, 15) is 13.2 Å². The number of benzene rings is 1. The van der Waals surface area contributed by atoms with Crippen LogP contribution in [0.5, 0.6) is 5.75 Å². The van der Waals surface area contributed by atoms with Gasteiger partial charge in [0.2, 0.25) is 0 Å². The number of aromatic nitrogens is 3. The maximum Gasteiger partial charge on any atom is 0.431 e. The first-order valence-corrected chi connectivity index (χ1v) is 10.6.